The zero-order chi connectivity index (χ0) is 25.2. The minimum absolute atomic E-state index is 0.00267. The molecule has 0 fully saturated rings. The van der Waals surface area contributed by atoms with Crippen molar-refractivity contribution in [3.05, 3.63) is 63.5 Å². The van der Waals surface area contributed by atoms with Gasteiger partial charge in [0.2, 0.25) is 15.9 Å². The van der Waals surface area contributed by atoms with E-state index in [9.17, 15) is 13.2 Å². The molecule has 0 saturated heterocycles. The van der Waals surface area contributed by atoms with Crippen LogP contribution in [-0.2, 0) is 32.5 Å². The number of carbonyl (C=O) groups is 1. The van der Waals surface area contributed by atoms with Crippen molar-refractivity contribution in [2.75, 3.05) is 13.7 Å². The number of aromatic nitrogens is 3. The molecule has 1 aliphatic carbocycles. The van der Waals surface area contributed by atoms with Gasteiger partial charge in [-0.05, 0) is 66.4 Å². The highest BCUT2D eigenvalue weighted by Crippen LogP contribution is 2.37. The van der Waals surface area contributed by atoms with Crippen LogP contribution < -0.4 is 4.74 Å². The standard InChI is InChI=1S/C23H24BrClN4O5S/c1-3-33-22(30)14-29-21-9-5-8-20(18(21)13-27-29)28(2)35(31,32)17-11-19(24)23(26-12-17)34-16-7-4-6-15(25)10-16/h4,6-7,10-13,20H,3,5,8-9,14H2,1-2H3. The van der Waals surface area contributed by atoms with Gasteiger partial charge in [-0.2, -0.15) is 9.40 Å². The van der Waals surface area contributed by atoms with Gasteiger partial charge in [0.05, 0.1) is 29.5 Å². The van der Waals surface area contributed by atoms with Gasteiger partial charge in [-0.15, -0.1) is 0 Å². The Morgan fingerprint density at radius 1 is 1.31 bits per heavy atom. The van der Waals surface area contributed by atoms with Crippen LogP contribution in [0.3, 0.4) is 0 Å². The highest BCUT2D eigenvalue weighted by molar-refractivity contribution is 9.10. The Morgan fingerprint density at radius 2 is 2.11 bits per heavy atom. The summed E-state index contributed by atoms with van der Waals surface area (Å²) in [5.41, 5.74) is 1.64. The second-order valence-electron chi connectivity index (χ2n) is 7.96. The lowest BCUT2D eigenvalue weighted by Gasteiger charge is -2.30. The van der Waals surface area contributed by atoms with Gasteiger partial charge in [-0.3, -0.25) is 9.48 Å². The van der Waals surface area contributed by atoms with Crippen molar-refractivity contribution < 1.29 is 22.7 Å². The zero-order valence-corrected chi connectivity index (χ0v) is 22.3. The summed E-state index contributed by atoms with van der Waals surface area (Å²) >= 11 is 9.36. The summed E-state index contributed by atoms with van der Waals surface area (Å²) in [6.45, 7) is 2.03. The second-order valence-corrected chi connectivity index (χ2v) is 11.2. The number of sulfonamides is 1. The Hall–Kier alpha value is -2.47. The largest absolute Gasteiger partial charge is 0.465 e. The van der Waals surface area contributed by atoms with Crippen LogP contribution in [0.4, 0.5) is 0 Å². The highest BCUT2D eigenvalue weighted by atomic mass is 79.9. The van der Waals surface area contributed by atoms with Gasteiger partial charge in [0.1, 0.15) is 17.2 Å². The molecule has 12 heteroatoms. The van der Waals surface area contributed by atoms with E-state index in [2.05, 4.69) is 26.0 Å². The first-order valence-corrected chi connectivity index (χ1v) is 13.6. The molecule has 0 spiro atoms. The molecule has 0 aliphatic heterocycles. The number of fused-ring (bicyclic) bond motifs is 1. The maximum Gasteiger partial charge on any atom is 0.327 e. The summed E-state index contributed by atoms with van der Waals surface area (Å²) in [6, 6.07) is 7.87. The van der Waals surface area contributed by atoms with Crippen LogP contribution in [0, 0.1) is 0 Å². The van der Waals surface area contributed by atoms with Gasteiger partial charge in [0.25, 0.3) is 0 Å². The van der Waals surface area contributed by atoms with E-state index in [0.717, 1.165) is 17.7 Å². The molecule has 1 aliphatic rings. The fourth-order valence-corrected chi connectivity index (χ4v) is 6.14. The number of hydrogen-bond acceptors (Lipinski definition) is 7. The Bertz CT molecular complexity index is 1350. The third-order valence-electron chi connectivity index (χ3n) is 5.72. The number of rotatable bonds is 8. The van der Waals surface area contributed by atoms with Gasteiger partial charge < -0.3 is 9.47 Å². The van der Waals surface area contributed by atoms with Gasteiger partial charge in [0.15, 0.2) is 0 Å². The minimum Gasteiger partial charge on any atom is -0.465 e. The molecular formula is C23H24BrClN4O5S. The number of halogens is 2. The maximum absolute atomic E-state index is 13.5. The topological polar surface area (TPSA) is 104 Å². The Labute approximate surface area is 217 Å². The monoisotopic (exact) mass is 582 g/mol. The summed E-state index contributed by atoms with van der Waals surface area (Å²) in [5, 5.41) is 4.84. The van der Waals surface area contributed by atoms with Crippen molar-refractivity contribution in [3.63, 3.8) is 0 Å². The summed E-state index contributed by atoms with van der Waals surface area (Å²) in [6.07, 6.45) is 5.02. The molecule has 2 heterocycles. The number of benzene rings is 1. The molecule has 0 bridgehead atoms. The van der Waals surface area contributed by atoms with Crippen LogP contribution >= 0.6 is 27.5 Å². The number of esters is 1. The van der Waals surface area contributed by atoms with Crippen LogP contribution in [0.1, 0.15) is 37.1 Å². The van der Waals surface area contributed by atoms with Gasteiger partial charge in [-0.1, -0.05) is 17.7 Å². The zero-order valence-electron chi connectivity index (χ0n) is 19.1. The average molecular weight is 584 g/mol. The summed E-state index contributed by atoms with van der Waals surface area (Å²) < 4.78 is 41.0. The molecule has 0 amide bonds. The SMILES string of the molecule is CCOC(=O)Cn1ncc2c1CCCC2N(C)S(=O)(=O)c1cnc(Oc2cccc(Cl)c2)c(Br)c1. The Morgan fingerprint density at radius 3 is 2.83 bits per heavy atom. The molecule has 4 rings (SSSR count). The summed E-state index contributed by atoms with van der Waals surface area (Å²) in [5.74, 6) is 0.319. The third kappa shape index (κ3) is 5.53. The molecular weight excluding hydrogens is 560 g/mol. The number of ether oxygens (including phenoxy) is 2. The Balaban J connectivity index is 1.56. The predicted molar refractivity (Wildman–Crippen MR) is 133 cm³/mol. The molecule has 1 unspecified atom stereocenters. The van der Waals surface area contributed by atoms with Gasteiger partial charge in [0, 0.05) is 23.3 Å². The molecule has 2 aromatic heterocycles. The van der Waals surface area contributed by atoms with E-state index in [4.69, 9.17) is 21.1 Å². The number of pyridine rings is 1. The average Bonchev–Trinajstić information content (AvgIpc) is 3.23. The molecule has 3 aromatic rings. The number of carbonyl (C=O) groups excluding carboxylic acids is 1. The lowest BCUT2D eigenvalue weighted by Crippen LogP contribution is -2.33. The van der Waals surface area contributed by atoms with Crippen LogP contribution in [0.15, 0.2) is 52.1 Å². The fourth-order valence-electron chi connectivity index (χ4n) is 4.04. The predicted octanol–water partition coefficient (Wildman–Crippen LogP) is 4.75. The molecule has 9 nitrogen and oxygen atoms in total. The van der Waals surface area contributed by atoms with Gasteiger partial charge >= 0.3 is 5.97 Å². The quantitative estimate of drug-likeness (QED) is 0.353. The van der Waals surface area contributed by atoms with Crippen LogP contribution in [0.25, 0.3) is 0 Å². The maximum atomic E-state index is 13.5. The molecule has 1 aromatic carbocycles. The molecule has 1 atom stereocenters. The fraction of sp³-hybridized carbons (Fsp3) is 0.348. The van der Waals surface area contributed by atoms with E-state index in [1.807, 2.05) is 0 Å². The van der Waals surface area contributed by atoms with Crippen LogP contribution in [-0.4, -0.2) is 47.1 Å². The van der Waals surface area contributed by atoms with E-state index in [1.54, 1.807) is 49.1 Å². The first-order valence-electron chi connectivity index (χ1n) is 11.0. The highest BCUT2D eigenvalue weighted by Gasteiger charge is 2.35. The van der Waals surface area contributed by atoms with E-state index in [-0.39, 0.29) is 23.3 Å². The van der Waals surface area contributed by atoms with Crippen molar-refractivity contribution in [1.29, 1.82) is 0 Å². The smallest absolute Gasteiger partial charge is 0.327 e. The first kappa shape index (κ1) is 25.6. The summed E-state index contributed by atoms with van der Waals surface area (Å²) in [7, 11) is -2.34. The number of hydrogen-bond donors (Lipinski definition) is 0. The van der Waals surface area contributed by atoms with Crippen LogP contribution in [0.2, 0.25) is 5.02 Å². The third-order valence-corrected chi connectivity index (χ3v) is 8.36. The Kier molecular flexibility index (Phi) is 7.80. The van der Waals surface area contributed by atoms with Gasteiger partial charge in [-0.25, -0.2) is 13.4 Å². The minimum atomic E-state index is -3.89. The van der Waals surface area contributed by atoms with Crippen molar-refractivity contribution in [3.8, 4) is 11.6 Å². The molecule has 0 saturated carbocycles. The lowest BCUT2D eigenvalue weighted by molar-refractivity contribution is -0.144. The van der Waals surface area contributed by atoms with Crippen molar-refractivity contribution >= 4 is 43.5 Å². The molecule has 0 N–H and O–H groups in total. The molecule has 35 heavy (non-hydrogen) atoms. The van der Waals surface area contributed by atoms with E-state index < -0.39 is 16.1 Å². The first-order chi connectivity index (χ1) is 16.7. The van der Waals surface area contributed by atoms with Crippen molar-refractivity contribution in [1.82, 2.24) is 19.1 Å². The number of nitrogens with zero attached hydrogens (tertiary/aromatic N) is 4. The second kappa shape index (κ2) is 10.7. The van der Waals surface area contributed by atoms with Crippen molar-refractivity contribution in [2.24, 2.45) is 0 Å². The van der Waals surface area contributed by atoms with E-state index >= 15 is 0 Å². The summed E-state index contributed by atoms with van der Waals surface area (Å²) in [4.78, 5) is 16.2. The van der Waals surface area contributed by atoms with Crippen LogP contribution in [0.5, 0.6) is 11.6 Å². The normalized spacial score (nSPS) is 15.6. The molecule has 186 valence electrons. The van der Waals surface area contributed by atoms with Crippen molar-refractivity contribution in [2.45, 2.75) is 43.7 Å². The molecule has 0 radical (unpaired) electrons. The van der Waals surface area contributed by atoms with E-state index in [0.29, 0.717) is 34.7 Å². The van der Waals surface area contributed by atoms with E-state index in [1.165, 1.54) is 16.6 Å². The lowest BCUT2D eigenvalue weighted by atomic mass is 9.93.